The van der Waals surface area contributed by atoms with E-state index in [9.17, 15) is 18.0 Å². The molecule has 1 aromatic heterocycles. The van der Waals surface area contributed by atoms with Gasteiger partial charge in [-0.2, -0.15) is 4.99 Å². The average molecular weight is 448 g/mol. The van der Waals surface area contributed by atoms with E-state index in [2.05, 4.69) is 4.99 Å². The van der Waals surface area contributed by atoms with Crippen LogP contribution in [0.1, 0.15) is 29.3 Å². The third-order valence-corrected chi connectivity index (χ3v) is 6.24. The molecule has 30 heavy (non-hydrogen) atoms. The van der Waals surface area contributed by atoms with Gasteiger partial charge in [0.05, 0.1) is 28.1 Å². The van der Waals surface area contributed by atoms with Crippen LogP contribution in [0.5, 0.6) is 0 Å². The van der Waals surface area contributed by atoms with Gasteiger partial charge in [-0.25, -0.2) is 13.6 Å². The summed E-state index contributed by atoms with van der Waals surface area (Å²) in [5.74, 6) is -0.803. The highest BCUT2D eigenvalue weighted by atomic mass is 32.2. The van der Waals surface area contributed by atoms with Crippen LogP contribution in [0.25, 0.3) is 10.2 Å². The minimum absolute atomic E-state index is 0.0367. The fourth-order valence-corrected chi connectivity index (χ4v) is 4.61. The molecule has 3 aromatic rings. The van der Waals surface area contributed by atoms with Gasteiger partial charge < -0.3 is 9.30 Å². The number of fused-ring (bicyclic) bond motifs is 1. The molecule has 1 heterocycles. The smallest absolute Gasteiger partial charge is 0.307 e. The average Bonchev–Trinajstić information content (AvgIpc) is 3.02. The normalized spacial score (nSPS) is 12.3. The van der Waals surface area contributed by atoms with Crippen LogP contribution in [0.3, 0.4) is 0 Å². The maximum absolute atomic E-state index is 12.7. The quantitative estimate of drug-likeness (QED) is 0.582. The lowest BCUT2D eigenvalue weighted by Gasteiger charge is -2.06. The summed E-state index contributed by atoms with van der Waals surface area (Å²) in [6, 6.07) is 11.5. The van der Waals surface area contributed by atoms with Gasteiger partial charge in [-0.05, 0) is 44.2 Å². The number of thiazole rings is 1. The number of carbonyl (C=O) groups is 2. The Labute approximate surface area is 177 Å². The van der Waals surface area contributed by atoms with Crippen molar-refractivity contribution >= 4 is 43.5 Å². The molecule has 0 saturated heterocycles. The molecule has 1 amide bonds. The molecule has 0 fully saturated rings. The molecule has 0 aliphatic carbocycles. The van der Waals surface area contributed by atoms with Crippen molar-refractivity contribution in [3.63, 3.8) is 0 Å². The SMILES string of the molecule is CCOC(=O)CCn1c(=NC(=O)c2cccc(C)c2)sc2cc(S(N)(=O)=O)ccc21. The Bertz CT molecular complexity index is 1290. The largest absolute Gasteiger partial charge is 0.466 e. The third kappa shape index (κ3) is 5.02. The molecule has 0 unspecified atom stereocenters. The number of esters is 1. The van der Waals surface area contributed by atoms with Gasteiger partial charge in [0, 0.05) is 12.1 Å². The number of primary sulfonamides is 1. The van der Waals surface area contributed by atoms with Crippen molar-refractivity contribution in [3.05, 3.63) is 58.4 Å². The van der Waals surface area contributed by atoms with Gasteiger partial charge in [-0.15, -0.1) is 0 Å². The summed E-state index contributed by atoms with van der Waals surface area (Å²) in [7, 11) is -3.88. The summed E-state index contributed by atoms with van der Waals surface area (Å²) in [6.07, 6.45) is 0.0857. The van der Waals surface area contributed by atoms with Crippen molar-refractivity contribution < 1.29 is 22.7 Å². The number of amides is 1. The topological polar surface area (TPSA) is 121 Å². The fraction of sp³-hybridized carbons (Fsp3) is 0.250. The number of hydrogen-bond acceptors (Lipinski definition) is 6. The number of benzene rings is 2. The lowest BCUT2D eigenvalue weighted by Crippen LogP contribution is -2.19. The van der Waals surface area contributed by atoms with Gasteiger partial charge in [-0.1, -0.05) is 29.0 Å². The minimum Gasteiger partial charge on any atom is -0.466 e. The maximum Gasteiger partial charge on any atom is 0.307 e. The predicted molar refractivity (Wildman–Crippen MR) is 114 cm³/mol. The van der Waals surface area contributed by atoms with E-state index in [4.69, 9.17) is 9.88 Å². The Balaban J connectivity index is 2.11. The molecule has 0 bridgehead atoms. The standard InChI is InChI=1S/C20H21N3O5S2/c1-3-28-18(24)9-10-23-16-8-7-15(30(21,26)27)12-17(16)29-20(23)22-19(25)14-6-4-5-13(2)11-14/h4-8,11-12H,3,9-10H2,1-2H3,(H2,21,26,27). The Morgan fingerprint density at radius 1 is 1.20 bits per heavy atom. The van der Waals surface area contributed by atoms with Gasteiger partial charge >= 0.3 is 5.97 Å². The first-order valence-electron chi connectivity index (χ1n) is 9.16. The Kier molecular flexibility index (Phi) is 6.49. The number of rotatable bonds is 6. The molecule has 10 heteroatoms. The van der Waals surface area contributed by atoms with E-state index in [0.717, 1.165) is 16.9 Å². The van der Waals surface area contributed by atoms with Crippen LogP contribution in [0.15, 0.2) is 52.4 Å². The van der Waals surface area contributed by atoms with E-state index < -0.39 is 15.9 Å². The van der Waals surface area contributed by atoms with E-state index in [1.807, 2.05) is 13.0 Å². The van der Waals surface area contributed by atoms with Crippen molar-refractivity contribution in [3.8, 4) is 0 Å². The molecule has 2 N–H and O–H groups in total. The number of ether oxygens (including phenoxy) is 1. The van der Waals surface area contributed by atoms with Gasteiger partial charge in [0.2, 0.25) is 10.0 Å². The van der Waals surface area contributed by atoms with Gasteiger partial charge in [-0.3, -0.25) is 9.59 Å². The minimum atomic E-state index is -3.88. The number of hydrogen-bond donors (Lipinski definition) is 1. The number of nitrogens with zero attached hydrogens (tertiary/aromatic N) is 2. The van der Waals surface area contributed by atoms with E-state index in [1.165, 1.54) is 12.1 Å². The van der Waals surface area contributed by atoms with Crippen LogP contribution in [0, 0.1) is 6.92 Å². The zero-order valence-corrected chi connectivity index (χ0v) is 18.1. The van der Waals surface area contributed by atoms with Gasteiger partial charge in [0.15, 0.2) is 4.80 Å². The second-order valence-corrected chi connectivity index (χ2v) is 9.12. The molecule has 2 aromatic carbocycles. The summed E-state index contributed by atoms with van der Waals surface area (Å²) >= 11 is 1.15. The summed E-state index contributed by atoms with van der Waals surface area (Å²) in [5.41, 5.74) is 2.02. The van der Waals surface area contributed by atoms with Gasteiger partial charge in [0.25, 0.3) is 5.91 Å². The van der Waals surface area contributed by atoms with Crippen molar-refractivity contribution in [1.82, 2.24) is 4.57 Å². The van der Waals surface area contributed by atoms with Crippen LogP contribution in [-0.4, -0.2) is 31.5 Å². The molecule has 8 nitrogen and oxygen atoms in total. The van der Waals surface area contributed by atoms with Crippen molar-refractivity contribution in [2.24, 2.45) is 10.1 Å². The second-order valence-electron chi connectivity index (χ2n) is 6.55. The summed E-state index contributed by atoms with van der Waals surface area (Å²) in [5, 5.41) is 5.23. The lowest BCUT2D eigenvalue weighted by atomic mass is 10.1. The first kappa shape index (κ1) is 21.9. The monoisotopic (exact) mass is 447 g/mol. The predicted octanol–water partition coefficient (Wildman–Crippen LogP) is 2.35. The van der Waals surface area contributed by atoms with Crippen LogP contribution >= 0.6 is 11.3 Å². The summed E-state index contributed by atoms with van der Waals surface area (Å²) in [6.45, 7) is 4.10. The van der Waals surface area contributed by atoms with Crippen molar-refractivity contribution in [2.75, 3.05) is 6.61 Å². The second kappa shape index (κ2) is 8.90. The molecule has 0 aliphatic heterocycles. The van der Waals surface area contributed by atoms with Crippen LogP contribution < -0.4 is 9.94 Å². The zero-order valence-electron chi connectivity index (χ0n) is 16.5. The van der Waals surface area contributed by atoms with Crippen LogP contribution in [0.4, 0.5) is 0 Å². The Hall–Kier alpha value is -2.82. The highest BCUT2D eigenvalue weighted by molar-refractivity contribution is 7.89. The Morgan fingerprint density at radius 2 is 1.97 bits per heavy atom. The highest BCUT2D eigenvalue weighted by Crippen LogP contribution is 2.22. The van der Waals surface area contributed by atoms with E-state index >= 15 is 0 Å². The summed E-state index contributed by atoms with van der Waals surface area (Å²) < 4.78 is 30.6. The number of sulfonamides is 1. The van der Waals surface area contributed by atoms with Crippen LogP contribution in [-0.2, 0) is 26.1 Å². The first-order valence-corrected chi connectivity index (χ1v) is 11.5. The molecule has 0 spiro atoms. The highest BCUT2D eigenvalue weighted by Gasteiger charge is 2.15. The fourth-order valence-electron chi connectivity index (χ4n) is 2.90. The van der Waals surface area contributed by atoms with E-state index in [0.29, 0.717) is 20.6 Å². The molecule has 0 radical (unpaired) electrons. The van der Waals surface area contributed by atoms with Crippen molar-refractivity contribution in [2.45, 2.75) is 31.7 Å². The summed E-state index contributed by atoms with van der Waals surface area (Å²) in [4.78, 5) is 29.1. The molecule has 0 atom stereocenters. The van der Waals surface area contributed by atoms with E-state index in [-0.39, 0.29) is 30.4 Å². The number of aryl methyl sites for hydroxylation is 2. The molecule has 0 saturated carbocycles. The molecular formula is C20H21N3O5S2. The van der Waals surface area contributed by atoms with Crippen LogP contribution in [0.2, 0.25) is 0 Å². The van der Waals surface area contributed by atoms with Crippen molar-refractivity contribution in [1.29, 1.82) is 0 Å². The Morgan fingerprint density at radius 3 is 2.63 bits per heavy atom. The molecular weight excluding hydrogens is 426 g/mol. The number of nitrogens with two attached hydrogens (primary N) is 1. The number of carbonyl (C=O) groups excluding carboxylic acids is 2. The first-order chi connectivity index (χ1) is 14.2. The number of aromatic nitrogens is 1. The van der Waals surface area contributed by atoms with E-state index in [1.54, 1.807) is 35.8 Å². The lowest BCUT2D eigenvalue weighted by molar-refractivity contribution is -0.143. The maximum atomic E-state index is 12.7. The van der Waals surface area contributed by atoms with Gasteiger partial charge in [0.1, 0.15) is 0 Å². The zero-order chi connectivity index (χ0) is 21.9. The molecule has 3 rings (SSSR count). The molecule has 0 aliphatic rings. The molecule has 158 valence electrons. The third-order valence-electron chi connectivity index (χ3n) is 4.29.